The molecule has 140 valence electrons. The van der Waals surface area contributed by atoms with Crippen LogP contribution in [0.15, 0.2) is 30.3 Å². The summed E-state index contributed by atoms with van der Waals surface area (Å²) in [5, 5.41) is 15.2. The normalized spacial score (nSPS) is 15.4. The maximum absolute atomic E-state index is 12.4. The van der Waals surface area contributed by atoms with E-state index in [1.54, 1.807) is 19.1 Å². The van der Waals surface area contributed by atoms with E-state index < -0.39 is 6.36 Å². The standard InChI is InChI=1S/C17H19F3N4O2/c1-10(9-25)21-16-23-14(11-5-6-11)8-15(24-16)22-12-3-2-4-13(7-12)26-17(18,19)20/h2-4,7-8,10-11,25H,5-6,9H2,1H3,(H2,21,22,23,24)/t10-/m1/s1. The molecule has 1 aromatic heterocycles. The van der Waals surface area contributed by atoms with Crippen LogP contribution >= 0.6 is 0 Å². The molecule has 26 heavy (non-hydrogen) atoms. The molecule has 1 fully saturated rings. The summed E-state index contributed by atoms with van der Waals surface area (Å²) in [6, 6.07) is 7.11. The minimum absolute atomic E-state index is 0.0728. The number of hydrogen-bond donors (Lipinski definition) is 3. The molecule has 0 spiro atoms. The minimum atomic E-state index is -4.75. The van der Waals surface area contributed by atoms with Crippen molar-refractivity contribution in [2.45, 2.75) is 38.1 Å². The van der Waals surface area contributed by atoms with Crippen molar-refractivity contribution in [3.05, 3.63) is 36.0 Å². The number of alkyl halides is 3. The van der Waals surface area contributed by atoms with E-state index in [9.17, 15) is 18.3 Å². The number of anilines is 3. The summed E-state index contributed by atoms with van der Waals surface area (Å²) in [5.41, 5.74) is 1.27. The van der Waals surface area contributed by atoms with E-state index in [1.165, 1.54) is 18.2 Å². The molecular formula is C17H19F3N4O2. The molecule has 0 unspecified atom stereocenters. The van der Waals surface area contributed by atoms with Crippen LogP contribution in [0.5, 0.6) is 5.75 Å². The van der Waals surface area contributed by atoms with E-state index in [1.807, 2.05) is 0 Å². The monoisotopic (exact) mass is 368 g/mol. The van der Waals surface area contributed by atoms with Gasteiger partial charge in [0.25, 0.3) is 0 Å². The van der Waals surface area contributed by atoms with Crippen LogP contribution in [0.3, 0.4) is 0 Å². The summed E-state index contributed by atoms with van der Waals surface area (Å²) in [5.74, 6) is 0.870. The molecule has 3 N–H and O–H groups in total. The lowest BCUT2D eigenvalue weighted by molar-refractivity contribution is -0.274. The second-order valence-electron chi connectivity index (χ2n) is 6.20. The minimum Gasteiger partial charge on any atom is -0.406 e. The third-order valence-electron chi connectivity index (χ3n) is 3.73. The first kappa shape index (κ1) is 18.2. The van der Waals surface area contributed by atoms with Crippen LogP contribution in [0.25, 0.3) is 0 Å². The number of rotatable bonds is 7. The molecule has 1 aliphatic rings. The second-order valence-corrected chi connectivity index (χ2v) is 6.20. The Morgan fingerprint density at radius 2 is 2.04 bits per heavy atom. The average molecular weight is 368 g/mol. The van der Waals surface area contributed by atoms with E-state index in [0.717, 1.165) is 18.5 Å². The number of aromatic nitrogens is 2. The number of aliphatic hydroxyl groups is 1. The largest absolute Gasteiger partial charge is 0.573 e. The highest BCUT2D eigenvalue weighted by atomic mass is 19.4. The fourth-order valence-corrected chi connectivity index (χ4v) is 2.37. The lowest BCUT2D eigenvalue weighted by Crippen LogP contribution is -2.21. The number of ether oxygens (including phenoxy) is 1. The molecule has 0 saturated heterocycles. The van der Waals surface area contributed by atoms with E-state index in [0.29, 0.717) is 23.4 Å². The van der Waals surface area contributed by atoms with Gasteiger partial charge in [-0.05, 0) is 31.9 Å². The van der Waals surface area contributed by atoms with Crippen molar-refractivity contribution in [3.8, 4) is 5.75 Å². The lowest BCUT2D eigenvalue weighted by Gasteiger charge is -2.14. The Kier molecular flexibility index (Phi) is 5.17. The van der Waals surface area contributed by atoms with Crippen LogP contribution in [0.4, 0.5) is 30.6 Å². The van der Waals surface area contributed by atoms with Crippen molar-refractivity contribution in [2.24, 2.45) is 0 Å². The van der Waals surface area contributed by atoms with Crippen molar-refractivity contribution < 1.29 is 23.0 Å². The maximum Gasteiger partial charge on any atom is 0.573 e. The first-order valence-corrected chi connectivity index (χ1v) is 8.21. The Labute approximate surface area is 148 Å². The van der Waals surface area contributed by atoms with Gasteiger partial charge in [-0.15, -0.1) is 13.2 Å². The van der Waals surface area contributed by atoms with Crippen molar-refractivity contribution in [3.63, 3.8) is 0 Å². The van der Waals surface area contributed by atoms with Gasteiger partial charge in [0.2, 0.25) is 5.95 Å². The van der Waals surface area contributed by atoms with Crippen molar-refractivity contribution >= 4 is 17.5 Å². The Hall–Kier alpha value is -2.55. The topological polar surface area (TPSA) is 79.3 Å². The first-order chi connectivity index (χ1) is 12.3. The highest BCUT2D eigenvalue weighted by Gasteiger charge is 2.31. The summed E-state index contributed by atoms with van der Waals surface area (Å²) in [7, 11) is 0. The van der Waals surface area contributed by atoms with Gasteiger partial charge in [0.1, 0.15) is 11.6 Å². The summed E-state index contributed by atoms with van der Waals surface area (Å²) in [6.45, 7) is 1.72. The van der Waals surface area contributed by atoms with Crippen LogP contribution in [-0.2, 0) is 0 Å². The van der Waals surface area contributed by atoms with E-state index in [2.05, 4.69) is 25.3 Å². The van der Waals surface area contributed by atoms with Gasteiger partial charge >= 0.3 is 6.36 Å². The summed E-state index contributed by atoms with van der Waals surface area (Å²) >= 11 is 0. The fraction of sp³-hybridized carbons (Fsp3) is 0.412. The molecular weight excluding hydrogens is 349 g/mol. The average Bonchev–Trinajstić information content (AvgIpc) is 3.38. The van der Waals surface area contributed by atoms with Gasteiger partial charge in [-0.2, -0.15) is 4.98 Å². The molecule has 2 aromatic rings. The second kappa shape index (κ2) is 7.36. The number of hydrogen-bond acceptors (Lipinski definition) is 6. The smallest absolute Gasteiger partial charge is 0.406 e. The molecule has 0 radical (unpaired) electrons. The Bertz CT molecular complexity index is 766. The van der Waals surface area contributed by atoms with Crippen LogP contribution in [0.1, 0.15) is 31.4 Å². The van der Waals surface area contributed by atoms with Crippen molar-refractivity contribution in [2.75, 3.05) is 17.2 Å². The summed E-state index contributed by atoms with van der Waals surface area (Å²) in [6.07, 6.45) is -2.66. The summed E-state index contributed by atoms with van der Waals surface area (Å²) < 4.78 is 41.0. The molecule has 1 atom stereocenters. The van der Waals surface area contributed by atoms with Crippen LogP contribution < -0.4 is 15.4 Å². The number of aliphatic hydroxyl groups excluding tert-OH is 1. The van der Waals surface area contributed by atoms with Crippen LogP contribution in [0.2, 0.25) is 0 Å². The number of nitrogens with one attached hydrogen (secondary N) is 2. The lowest BCUT2D eigenvalue weighted by atomic mass is 10.2. The predicted molar refractivity (Wildman–Crippen MR) is 90.6 cm³/mol. The van der Waals surface area contributed by atoms with Gasteiger partial charge in [0, 0.05) is 29.8 Å². The van der Waals surface area contributed by atoms with Gasteiger partial charge in [-0.3, -0.25) is 0 Å². The molecule has 0 bridgehead atoms. The maximum atomic E-state index is 12.4. The first-order valence-electron chi connectivity index (χ1n) is 8.21. The number of halogens is 3. The van der Waals surface area contributed by atoms with Gasteiger partial charge in [0.05, 0.1) is 12.3 Å². The predicted octanol–water partition coefficient (Wildman–Crippen LogP) is 3.79. The van der Waals surface area contributed by atoms with Gasteiger partial charge in [0.15, 0.2) is 0 Å². The molecule has 6 nitrogen and oxygen atoms in total. The fourth-order valence-electron chi connectivity index (χ4n) is 2.37. The van der Waals surface area contributed by atoms with E-state index in [-0.39, 0.29) is 18.4 Å². The van der Waals surface area contributed by atoms with Crippen molar-refractivity contribution in [1.82, 2.24) is 9.97 Å². The summed E-state index contributed by atoms with van der Waals surface area (Å²) in [4.78, 5) is 8.77. The Morgan fingerprint density at radius 1 is 1.27 bits per heavy atom. The van der Waals surface area contributed by atoms with E-state index >= 15 is 0 Å². The number of nitrogens with zero attached hydrogens (tertiary/aromatic N) is 2. The SMILES string of the molecule is C[C@H](CO)Nc1nc(Nc2cccc(OC(F)(F)F)c2)cc(C2CC2)n1. The van der Waals surface area contributed by atoms with Crippen LogP contribution in [0, 0.1) is 0 Å². The Morgan fingerprint density at radius 3 is 2.69 bits per heavy atom. The van der Waals surface area contributed by atoms with Gasteiger partial charge in [-0.1, -0.05) is 6.07 Å². The molecule has 0 amide bonds. The molecule has 1 saturated carbocycles. The van der Waals surface area contributed by atoms with Crippen LogP contribution in [-0.4, -0.2) is 34.1 Å². The van der Waals surface area contributed by atoms with Gasteiger partial charge < -0.3 is 20.5 Å². The molecule has 3 rings (SSSR count). The quantitative estimate of drug-likeness (QED) is 0.690. The zero-order chi connectivity index (χ0) is 18.7. The molecule has 9 heteroatoms. The number of benzene rings is 1. The van der Waals surface area contributed by atoms with E-state index in [4.69, 9.17) is 0 Å². The molecule has 1 aromatic carbocycles. The third-order valence-corrected chi connectivity index (χ3v) is 3.73. The molecule has 0 aliphatic heterocycles. The van der Waals surface area contributed by atoms with Crippen molar-refractivity contribution in [1.29, 1.82) is 0 Å². The highest BCUT2D eigenvalue weighted by molar-refractivity contribution is 5.59. The third kappa shape index (κ3) is 5.22. The molecule has 1 heterocycles. The zero-order valence-electron chi connectivity index (χ0n) is 14.0. The highest BCUT2D eigenvalue weighted by Crippen LogP contribution is 2.40. The molecule has 1 aliphatic carbocycles. The van der Waals surface area contributed by atoms with Gasteiger partial charge in [-0.25, -0.2) is 4.98 Å². The zero-order valence-corrected chi connectivity index (χ0v) is 14.0. The Balaban J connectivity index is 1.81.